The van der Waals surface area contributed by atoms with Gasteiger partial charge in [-0.05, 0) is 32.4 Å². The van der Waals surface area contributed by atoms with Gasteiger partial charge in [-0.25, -0.2) is 4.98 Å². The fourth-order valence-electron chi connectivity index (χ4n) is 2.51. The van der Waals surface area contributed by atoms with E-state index in [0.29, 0.717) is 24.8 Å². The predicted octanol–water partition coefficient (Wildman–Crippen LogP) is -0.314. The lowest BCUT2D eigenvalue weighted by molar-refractivity contribution is 0.260. The second-order valence-electron chi connectivity index (χ2n) is 5.20. The molecule has 0 aromatic carbocycles. The molecule has 0 radical (unpaired) electrons. The van der Waals surface area contributed by atoms with Crippen molar-refractivity contribution in [1.82, 2.24) is 23.9 Å². The summed E-state index contributed by atoms with van der Waals surface area (Å²) < 4.78 is 30.6. The number of hydrogen-bond donors (Lipinski definition) is 2. The Balaban J connectivity index is 1.94. The Hall–Kier alpha value is -0.960. The lowest BCUT2D eigenvalue weighted by Crippen LogP contribution is -2.47. The SMILES string of the molecule is CNCC1CCCN(S(=O)(=O)NCc2nccn2C)C1. The number of piperidine rings is 1. The number of nitrogens with one attached hydrogen (secondary N) is 2. The van der Waals surface area contributed by atoms with Crippen molar-refractivity contribution in [2.24, 2.45) is 13.0 Å². The van der Waals surface area contributed by atoms with E-state index in [1.165, 1.54) is 0 Å². The second kappa shape index (κ2) is 6.66. The molecule has 1 aromatic heterocycles. The molecule has 20 heavy (non-hydrogen) atoms. The van der Waals surface area contributed by atoms with Crippen molar-refractivity contribution in [3.8, 4) is 0 Å². The average Bonchev–Trinajstić information content (AvgIpc) is 2.83. The number of nitrogens with zero attached hydrogens (tertiary/aromatic N) is 3. The van der Waals surface area contributed by atoms with Gasteiger partial charge in [0, 0.05) is 32.5 Å². The van der Waals surface area contributed by atoms with E-state index in [9.17, 15) is 8.42 Å². The van der Waals surface area contributed by atoms with Gasteiger partial charge in [-0.2, -0.15) is 17.4 Å². The Morgan fingerprint density at radius 1 is 1.50 bits per heavy atom. The van der Waals surface area contributed by atoms with Crippen LogP contribution in [-0.2, 0) is 23.8 Å². The lowest BCUT2D eigenvalue weighted by Gasteiger charge is -2.31. The lowest BCUT2D eigenvalue weighted by atomic mass is 10.00. The quantitative estimate of drug-likeness (QED) is 0.755. The van der Waals surface area contributed by atoms with Crippen molar-refractivity contribution in [3.05, 3.63) is 18.2 Å². The molecule has 1 unspecified atom stereocenters. The van der Waals surface area contributed by atoms with E-state index in [1.807, 2.05) is 18.7 Å². The van der Waals surface area contributed by atoms with Crippen molar-refractivity contribution < 1.29 is 8.42 Å². The molecule has 1 fully saturated rings. The van der Waals surface area contributed by atoms with E-state index >= 15 is 0 Å². The van der Waals surface area contributed by atoms with Crippen molar-refractivity contribution in [1.29, 1.82) is 0 Å². The fraction of sp³-hybridized carbons (Fsp3) is 0.750. The molecule has 0 amide bonds. The molecule has 1 aromatic rings. The highest BCUT2D eigenvalue weighted by molar-refractivity contribution is 7.87. The molecule has 1 atom stereocenters. The molecule has 0 bridgehead atoms. The summed E-state index contributed by atoms with van der Waals surface area (Å²) >= 11 is 0. The van der Waals surface area contributed by atoms with Gasteiger partial charge >= 0.3 is 0 Å². The van der Waals surface area contributed by atoms with Crippen LogP contribution in [0.5, 0.6) is 0 Å². The number of rotatable bonds is 6. The van der Waals surface area contributed by atoms with Crippen LogP contribution in [0.15, 0.2) is 12.4 Å². The molecule has 0 spiro atoms. The van der Waals surface area contributed by atoms with Crippen molar-refractivity contribution in [2.45, 2.75) is 19.4 Å². The Kier molecular flexibility index (Phi) is 5.14. The number of imidazole rings is 1. The molecule has 7 nitrogen and oxygen atoms in total. The minimum Gasteiger partial charge on any atom is -0.337 e. The third kappa shape index (κ3) is 3.78. The molecule has 2 rings (SSSR count). The van der Waals surface area contributed by atoms with Gasteiger partial charge in [-0.1, -0.05) is 0 Å². The summed E-state index contributed by atoms with van der Waals surface area (Å²) in [7, 11) is 0.318. The summed E-state index contributed by atoms with van der Waals surface area (Å²) in [5.41, 5.74) is 0. The van der Waals surface area contributed by atoms with Gasteiger partial charge in [0.1, 0.15) is 5.82 Å². The number of aryl methyl sites for hydroxylation is 1. The largest absolute Gasteiger partial charge is 0.337 e. The van der Waals surface area contributed by atoms with Crippen LogP contribution in [0.1, 0.15) is 18.7 Å². The Morgan fingerprint density at radius 2 is 2.30 bits per heavy atom. The van der Waals surface area contributed by atoms with Crippen LogP contribution in [0, 0.1) is 5.92 Å². The first-order chi connectivity index (χ1) is 9.53. The van der Waals surface area contributed by atoms with Crippen LogP contribution in [0.2, 0.25) is 0 Å². The highest BCUT2D eigenvalue weighted by Crippen LogP contribution is 2.18. The van der Waals surface area contributed by atoms with E-state index in [-0.39, 0.29) is 6.54 Å². The van der Waals surface area contributed by atoms with E-state index in [1.54, 1.807) is 16.7 Å². The van der Waals surface area contributed by atoms with E-state index in [2.05, 4.69) is 15.0 Å². The average molecular weight is 301 g/mol. The molecule has 114 valence electrons. The predicted molar refractivity (Wildman–Crippen MR) is 77.2 cm³/mol. The molecular weight excluding hydrogens is 278 g/mol. The van der Waals surface area contributed by atoms with Crippen LogP contribution in [0.4, 0.5) is 0 Å². The van der Waals surface area contributed by atoms with Crippen molar-refractivity contribution >= 4 is 10.2 Å². The van der Waals surface area contributed by atoms with Crippen molar-refractivity contribution in [2.75, 3.05) is 26.7 Å². The summed E-state index contributed by atoms with van der Waals surface area (Å²) in [6.07, 6.45) is 5.45. The second-order valence-corrected chi connectivity index (χ2v) is 6.96. The number of aromatic nitrogens is 2. The van der Waals surface area contributed by atoms with Crippen LogP contribution in [0.25, 0.3) is 0 Å². The zero-order valence-electron chi connectivity index (χ0n) is 12.0. The Bertz CT molecular complexity index is 526. The summed E-state index contributed by atoms with van der Waals surface area (Å²) in [4.78, 5) is 4.12. The van der Waals surface area contributed by atoms with E-state index in [0.717, 1.165) is 19.4 Å². The highest BCUT2D eigenvalue weighted by Gasteiger charge is 2.28. The first-order valence-electron chi connectivity index (χ1n) is 6.88. The minimum atomic E-state index is -3.43. The van der Waals surface area contributed by atoms with Crippen LogP contribution in [-0.4, -0.2) is 49.0 Å². The van der Waals surface area contributed by atoms with Gasteiger partial charge in [0.05, 0.1) is 6.54 Å². The Labute approximate surface area is 120 Å². The maximum absolute atomic E-state index is 12.3. The molecule has 1 aliphatic heterocycles. The third-order valence-electron chi connectivity index (χ3n) is 3.65. The van der Waals surface area contributed by atoms with Gasteiger partial charge in [0.15, 0.2) is 0 Å². The molecule has 0 aliphatic carbocycles. The van der Waals surface area contributed by atoms with Crippen LogP contribution < -0.4 is 10.0 Å². The van der Waals surface area contributed by atoms with Gasteiger partial charge in [0.2, 0.25) is 0 Å². The standard InChI is InChI=1S/C12H23N5O2S/c1-13-8-11-4-3-6-17(10-11)20(18,19)15-9-12-14-5-7-16(12)2/h5,7,11,13,15H,3-4,6,8-10H2,1-2H3. The summed E-state index contributed by atoms with van der Waals surface area (Å²) in [6, 6.07) is 0. The first kappa shape index (κ1) is 15.4. The zero-order valence-corrected chi connectivity index (χ0v) is 12.9. The highest BCUT2D eigenvalue weighted by atomic mass is 32.2. The van der Waals surface area contributed by atoms with Gasteiger partial charge in [-0.15, -0.1) is 0 Å². The zero-order chi connectivity index (χ0) is 14.6. The van der Waals surface area contributed by atoms with Gasteiger partial charge in [-0.3, -0.25) is 0 Å². The van der Waals surface area contributed by atoms with Crippen molar-refractivity contribution in [3.63, 3.8) is 0 Å². The maximum Gasteiger partial charge on any atom is 0.279 e. The monoisotopic (exact) mass is 301 g/mol. The maximum atomic E-state index is 12.3. The molecular formula is C12H23N5O2S. The van der Waals surface area contributed by atoms with Crippen LogP contribution >= 0.6 is 0 Å². The molecule has 1 aliphatic rings. The molecule has 2 heterocycles. The van der Waals surface area contributed by atoms with Gasteiger partial charge < -0.3 is 9.88 Å². The van der Waals surface area contributed by atoms with Crippen LogP contribution in [0.3, 0.4) is 0 Å². The molecule has 8 heteroatoms. The fourth-order valence-corrected chi connectivity index (χ4v) is 3.78. The summed E-state index contributed by atoms with van der Waals surface area (Å²) in [6.45, 7) is 2.25. The molecule has 1 saturated heterocycles. The van der Waals surface area contributed by atoms with E-state index in [4.69, 9.17) is 0 Å². The normalized spacial score (nSPS) is 21.2. The Morgan fingerprint density at radius 3 is 2.95 bits per heavy atom. The topological polar surface area (TPSA) is 79.3 Å². The first-order valence-corrected chi connectivity index (χ1v) is 8.32. The minimum absolute atomic E-state index is 0.221. The molecule has 0 saturated carbocycles. The number of hydrogen-bond acceptors (Lipinski definition) is 4. The molecule has 2 N–H and O–H groups in total. The smallest absolute Gasteiger partial charge is 0.279 e. The summed E-state index contributed by atoms with van der Waals surface area (Å²) in [5, 5.41) is 3.12. The van der Waals surface area contributed by atoms with Gasteiger partial charge in [0.25, 0.3) is 10.2 Å². The third-order valence-corrected chi connectivity index (χ3v) is 5.17. The van der Waals surface area contributed by atoms with E-state index < -0.39 is 10.2 Å². The summed E-state index contributed by atoms with van der Waals surface area (Å²) in [5.74, 6) is 1.09.